The minimum atomic E-state index is -0.958. The number of nitrogens with one attached hydrogen (secondary N) is 1. The maximum atomic E-state index is 11.7. The number of carbonyl (C=O) groups is 2. The maximum Gasteiger partial charge on any atom is 0.408 e. The molecule has 1 aliphatic rings. The largest absolute Gasteiger partial charge is 0.497 e. The summed E-state index contributed by atoms with van der Waals surface area (Å²) >= 11 is 0. The normalized spacial score (nSPS) is 21.5. The zero-order valence-corrected chi connectivity index (χ0v) is 10.7. The number of methoxy groups -OCH3 is 1. The third kappa shape index (κ3) is 2.78. The lowest BCUT2D eigenvalue weighted by molar-refractivity contribution is -0.152. The number of amides is 1. The molecule has 1 aliphatic heterocycles. The van der Waals surface area contributed by atoms with E-state index in [1.807, 2.05) is 0 Å². The van der Waals surface area contributed by atoms with Gasteiger partial charge in [-0.2, -0.15) is 0 Å². The number of carbonyl (C=O) groups excluding carboxylic acids is 2. The number of hydrogen-bond acceptors (Lipinski definition) is 5. The van der Waals surface area contributed by atoms with Crippen LogP contribution in [0.15, 0.2) is 24.3 Å². The summed E-state index contributed by atoms with van der Waals surface area (Å²) in [4.78, 5) is 23.0. The van der Waals surface area contributed by atoms with Gasteiger partial charge in [0.25, 0.3) is 0 Å². The average molecular weight is 265 g/mol. The van der Waals surface area contributed by atoms with Gasteiger partial charge in [0.1, 0.15) is 11.8 Å². The van der Waals surface area contributed by atoms with E-state index in [0.29, 0.717) is 5.75 Å². The molecule has 2 rings (SSSR count). The Balaban J connectivity index is 2.19. The molecule has 1 aromatic carbocycles. The van der Waals surface area contributed by atoms with Crippen molar-refractivity contribution in [2.75, 3.05) is 13.7 Å². The van der Waals surface area contributed by atoms with Crippen molar-refractivity contribution in [3.63, 3.8) is 0 Å². The van der Waals surface area contributed by atoms with E-state index in [1.54, 1.807) is 38.3 Å². The molecule has 102 valence electrons. The molecule has 0 saturated carbocycles. The van der Waals surface area contributed by atoms with Gasteiger partial charge in [0.15, 0.2) is 0 Å². The van der Waals surface area contributed by atoms with Crippen molar-refractivity contribution in [3.8, 4) is 5.75 Å². The topological polar surface area (TPSA) is 73.9 Å². The Morgan fingerprint density at radius 3 is 2.63 bits per heavy atom. The van der Waals surface area contributed by atoms with Gasteiger partial charge in [0, 0.05) is 0 Å². The van der Waals surface area contributed by atoms with Crippen molar-refractivity contribution in [1.82, 2.24) is 5.32 Å². The fourth-order valence-corrected chi connectivity index (χ4v) is 1.90. The van der Waals surface area contributed by atoms with Crippen molar-refractivity contribution in [2.24, 2.45) is 0 Å². The molecule has 1 heterocycles. The summed E-state index contributed by atoms with van der Waals surface area (Å²) in [5.41, 5.74) is 0.754. The van der Waals surface area contributed by atoms with E-state index in [0.717, 1.165) is 5.56 Å². The Labute approximate surface area is 110 Å². The smallest absolute Gasteiger partial charge is 0.408 e. The summed E-state index contributed by atoms with van der Waals surface area (Å²) in [5, 5.41) is 2.59. The van der Waals surface area contributed by atoms with Crippen LogP contribution in [0.3, 0.4) is 0 Å². The number of esters is 1. The van der Waals surface area contributed by atoms with E-state index < -0.39 is 24.2 Å². The van der Waals surface area contributed by atoms with Gasteiger partial charge in [-0.3, -0.25) is 0 Å². The molecular formula is C13H15NO5. The second-order valence-corrected chi connectivity index (χ2v) is 3.97. The third-order valence-corrected chi connectivity index (χ3v) is 2.80. The van der Waals surface area contributed by atoms with Gasteiger partial charge in [-0.05, 0) is 24.6 Å². The minimum absolute atomic E-state index is 0.238. The van der Waals surface area contributed by atoms with Crippen LogP contribution in [-0.4, -0.2) is 31.9 Å². The molecule has 0 radical (unpaired) electrons. The zero-order valence-electron chi connectivity index (χ0n) is 10.7. The van der Waals surface area contributed by atoms with Crippen LogP contribution in [0.4, 0.5) is 4.79 Å². The van der Waals surface area contributed by atoms with E-state index >= 15 is 0 Å². The number of ether oxygens (including phenoxy) is 3. The van der Waals surface area contributed by atoms with Gasteiger partial charge < -0.3 is 19.5 Å². The Morgan fingerprint density at radius 1 is 1.37 bits per heavy atom. The lowest BCUT2D eigenvalue weighted by Crippen LogP contribution is -2.30. The number of hydrogen-bond donors (Lipinski definition) is 1. The highest BCUT2D eigenvalue weighted by atomic mass is 16.6. The van der Waals surface area contributed by atoms with E-state index in [-0.39, 0.29) is 6.61 Å². The molecular weight excluding hydrogens is 250 g/mol. The third-order valence-electron chi connectivity index (χ3n) is 2.80. The van der Waals surface area contributed by atoms with Crippen molar-refractivity contribution in [2.45, 2.75) is 19.1 Å². The van der Waals surface area contributed by atoms with Gasteiger partial charge in [0.2, 0.25) is 6.10 Å². The quantitative estimate of drug-likeness (QED) is 0.833. The van der Waals surface area contributed by atoms with E-state index in [1.165, 1.54) is 0 Å². The van der Waals surface area contributed by atoms with E-state index in [4.69, 9.17) is 14.2 Å². The molecule has 0 unspecified atom stereocenters. The highest BCUT2D eigenvalue weighted by Gasteiger charge is 2.41. The first-order valence-electron chi connectivity index (χ1n) is 5.93. The summed E-state index contributed by atoms with van der Waals surface area (Å²) in [6.45, 7) is 1.94. The summed E-state index contributed by atoms with van der Waals surface area (Å²) in [6, 6.07) is 6.50. The van der Waals surface area contributed by atoms with Gasteiger partial charge in [-0.1, -0.05) is 12.1 Å². The molecule has 6 nitrogen and oxygen atoms in total. The molecule has 0 bridgehead atoms. The van der Waals surface area contributed by atoms with Gasteiger partial charge in [-0.25, -0.2) is 9.59 Å². The fourth-order valence-electron chi connectivity index (χ4n) is 1.90. The summed E-state index contributed by atoms with van der Waals surface area (Å²) in [5.74, 6) is 0.142. The van der Waals surface area contributed by atoms with Gasteiger partial charge in [-0.15, -0.1) is 0 Å². The van der Waals surface area contributed by atoms with Crippen molar-refractivity contribution < 1.29 is 23.8 Å². The standard InChI is InChI=1S/C13H15NO5/c1-3-18-12(15)11-10(14-13(16)19-11)8-4-6-9(17-2)7-5-8/h4-7,10-11H,3H2,1-2H3,(H,14,16)/t10-,11+/m0/s1. The molecule has 1 N–H and O–H groups in total. The number of rotatable bonds is 4. The van der Waals surface area contributed by atoms with Crippen LogP contribution in [0, 0.1) is 0 Å². The van der Waals surface area contributed by atoms with Crippen LogP contribution in [0.1, 0.15) is 18.5 Å². The minimum Gasteiger partial charge on any atom is -0.497 e. The molecule has 0 spiro atoms. The lowest BCUT2D eigenvalue weighted by atomic mass is 10.0. The average Bonchev–Trinajstić information content (AvgIpc) is 2.81. The van der Waals surface area contributed by atoms with Crippen LogP contribution < -0.4 is 10.1 Å². The fraction of sp³-hybridized carbons (Fsp3) is 0.385. The molecule has 2 atom stereocenters. The van der Waals surface area contributed by atoms with Crippen molar-refractivity contribution >= 4 is 12.1 Å². The molecule has 1 aromatic rings. The van der Waals surface area contributed by atoms with Gasteiger partial charge in [0.05, 0.1) is 13.7 Å². The molecule has 1 amide bonds. The van der Waals surface area contributed by atoms with Crippen LogP contribution >= 0.6 is 0 Å². The molecule has 19 heavy (non-hydrogen) atoms. The molecule has 0 aromatic heterocycles. The highest BCUT2D eigenvalue weighted by molar-refractivity contribution is 5.83. The monoisotopic (exact) mass is 265 g/mol. The SMILES string of the molecule is CCOC(=O)[C@@H]1OC(=O)N[C@H]1c1ccc(OC)cc1. The predicted molar refractivity (Wildman–Crippen MR) is 65.8 cm³/mol. The first-order valence-corrected chi connectivity index (χ1v) is 5.93. The summed E-state index contributed by atoms with van der Waals surface area (Å²) in [6.07, 6.45) is -1.58. The Hall–Kier alpha value is -2.24. The van der Waals surface area contributed by atoms with Crippen LogP contribution in [-0.2, 0) is 14.3 Å². The maximum absolute atomic E-state index is 11.7. The number of benzene rings is 1. The second-order valence-electron chi connectivity index (χ2n) is 3.97. The van der Waals surface area contributed by atoms with Crippen molar-refractivity contribution in [3.05, 3.63) is 29.8 Å². The second kappa shape index (κ2) is 5.60. The van der Waals surface area contributed by atoms with Crippen molar-refractivity contribution in [1.29, 1.82) is 0 Å². The summed E-state index contributed by atoms with van der Waals surface area (Å²) < 4.78 is 14.9. The first-order chi connectivity index (χ1) is 9.15. The highest BCUT2D eigenvalue weighted by Crippen LogP contribution is 2.27. The van der Waals surface area contributed by atoms with Crippen LogP contribution in [0.5, 0.6) is 5.75 Å². The number of cyclic esters (lactones) is 1. The molecule has 0 aliphatic carbocycles. The molecule has 6 heteroatoms. The van der Waals surface area contributed by atoms with Crippen LogP contribution in [0.25, 0.3) is 0 Å². The molecule has 1 fully saturated rings. The summed E-state index contributed by atoms with van der Waals surface area (Å²) in [7, 11) is 1.57. The predicted octanol–water partition coefficient (Wildman–Crippen LogP) is 1.41. The zero-order chi connectivity index (χ0) is 13.8. The van der Waals surface area contributed by atoms with E-state index in [2.05, 4.69) is 5.32 Å². The van der Waals surface area contributed by atoms with E-state index in [9.17, 15) is 9.59 Å². The molecule has 1 saturated heterocycles. The lowest BCUT2D eigenvalue weighted by Gasteiger charge is -2.16. The van der Waals surface area contributed by atoms with Crippen LogP contribution in [0.2, 0.25) is 0 Å². The first kappa shape index (κ1) is 13.2. The van der Waals surface area contributed by atoms with Gasteiger partial charge >= 0.3 is 12.1 Å². The Kier molecular flexibility index (Phi) is 3.89. The Morgan fingerprint density at radius 2 is 2.05 bits per heavy atom. The Bertz CT molecular complexity index is 470. The number of alkyl carbamates (subject to hydrolysis) is 1.